The lowest BCUT2D eigenvalue weighted by atomic mass is 10.4. The molecule has 0 unspecified atom stereocenters. The first-order chi connectivity index (χ1) is 5.66. The molecule has 4 heteroatoms. The van der Waals surface area contributed by atoms with Gasteiger partial charge in [0.1, 0.15) is 0 Å². The van der Waals surface area contributed by atoms with E-state index in [-0.39, 0.29) is 0 Å². The lowest BCUT2D eigenvalue weighted by Crippen LogP contribution is -2.39. The maximum Gasteiger partial charge on any atom is 0.166 e. The van der Waals surface area contributed by atoms with Crippen LogP contribution >= 0.6 is 12.2 Å². The molecule has 2 N–H and O–H groups in total. The molecule has 0 fully saturated rings. The highest BCUT2D eigenvalue weighted by Crippen LogP contribution is 1.80. The average molecular weight is 190 g/mol. The van der Waals surface area contributed by atoms with Crippen molar-refractivity contribution < 1.29 is 4.74 Å². The second kappa shape index (κ2) is 7.31. The Kier molecular flexibility index (Phi) is 7.09. The third-order valence-electron chi connectivity index (χ3n) is 1.23. The lowest BCUT2D eigenvalue weighted by molar-refractivity contribution is 0.195. The first kappa shape index (κ1) is 11.6. The van der Waals surface area contributed by atoms with Crippen molar-refractivity contribution in [3.05, 3.63) is 0 Å². The minimum atomic E-state index is 0.396. The van der Waals surface area contributed by atoms with E-state index < -0.39 is 0 Å². The molecule has 0 aliphatic heterocycles. The van der Waals surface area contributed by atoms with Gasteiger partial charge >= 0.3 is 0 Å². The summed E-state index contributed by atoms with van der Waals surface area (Å²) >= 11 is 5.02. The molecule has 0 rings (SSSR count). The van der Waals surface area contributed by atoms with Crippen LogP contribution in [-0.4, -0.2) is 31.4 Å². The monoisotopic (exact) mass is 190 g/mol. The van der Waals surface area contributed by atoms with Gasteiger partial charge in [0.15, 0.2) is 5.11 Å². The van der Waals surface area contributed by atoms with E-state index in [0.29, 0.717) is 6.04 Å². The molecule has 3 nitrogen and oxygen atoms in total. The Labute approximate surface area is 79.9 Å². The highest BCUT2D eigenvalue weighted by molar-refractivity contribution is 7.80. The zero-order valence-electron chi connectivity index (χ0n) is 8.02. The van der Waals surface area contributed by atoms with E-state index in [1.54, 1.807) is 7.11 Å². The normalized spacial score (nSPS) is 10.0. The molecular weight excluding hydrogens is 172 g/mol. The molecule has 0 bridgehead atoms. The fraction of sp³-hybridized carbons (Fsp3) is 0.875. The van der Waals surface area contributed by atoms with Gasteiger partial charge in [0.2, 0.25) is 0 Å². The maximum atomic E-state index is 5.02. The van der Waals surface area contributed by atoms with Gasteiger partial charge in [0, 0.05) is 26.3 Å². The Morgan fingerprint density at radius 1 is 1.50 bits per heavy atom. The molecule has 0 saturated carbocycles. The number of thiocarbonyl (C=S) groups is 1. The van der Waals surface area contributed by atoms with Crippen LogP contribution in [0.15, 0.2) is 0 Å². The van der Waals surface area contributed by atoms with Crippen LogP contribution in [0.3, 0.4) is 0 Å². The zero-order chi connectivity index (χ0) is 9.40. The van der Waals surface area contributed by atoms with E-state index >= 15 is 0 Å². The van der Waals surface area contributed by atoms with E-state index in [1.807, 2.05) is 0 Å². The summed E-state index contributed by atoms with van der Waals surface area (Å²) in [7, 11) is 1.70. The van der Waals surface area contributed by atoms with Crippen LogP contribution in [0.1, 0.15) is 20.3 Å². The predicted molar refractivity (Wildman–Crippen MR) is 55.4 cm³/mol. The standard InChI is InChI=1S/C8H18N2OS/c1-7(2)10-8(12)9-5-4-6-11-3/h7H,4-6H2,1-3H3,(H2,9,10,12). The van der Waals surface area contributed by atoms with Crippen LogP contribution in [0.25, 0.3) is 0 Å². The van der Waals surface area contributed by atoms with Gasteiger partial charge < -0.3 is 15.4 Å². The van der Waals surface area contributed by atoms with E-state index in [2.05, 4.69) is 24.5 Å². The molecule has 0 atom stereocenters. The molecule has 0 heterocycles. The molecule has 0 aromatic carbocycles. The molecule has 0 spiro atoms. The zero-order valence-corrected chi connectivity index (χ0v) is 8.83. The third kappa shape index (κ3) is 7.75. The number of hydrogen-bond donors (Lipinski definition) is 2. The number of rotatable bonds is 5. The number of nitrogens with one attached hydrogen (secondary N) is 2. The first-order valence-corrected chi connectivity index (χ1v) is 4.61. The summed E-state index contributed by atoms with van der Waals surface area (Å²) in [5.74, 6) is 0. The quantitative estimate of drug-likeness (QED) is 0.498. The van der Waals surface area contributed by atoms with Gasteiger partial charge in [-0.3, -0.25) is 0 Å². The van der Waals surface area contributed by atoms with Crippen molar-refractivity contribution in [3.63, 3.8) is 0 Å². The van der Waals surface area contributed by atoms with Crippen LogP contribution in [0.4, 0.5) is 0 Å². The lowest BCUT2D eigenvalue weighted by Gasteiger charge is -2.12. The molecule has 72 valence electrons. The number of hydrogen-bond acceptors (Lipinski definition) is 2. The molecular formula is C8H18N2OS. The smallest absolute Gasteiger partial charge is 0.166 e. The summed E-state index contributed by atoms with van der Waals surface area (Å²) < 4.78 is 4.90. The molecule has 0 aliphatic carbocycles. The fourth-order valence-corrected chi connectivity index (χ4v) is 1.07. The Balaban J connectivity index is 3.20. The highest BCUT2D eigenvalue weighted by Gasteiger charge is 1.95. The largest absolute Gasteiger partial charge is 0.385 e. The average Bonchev–Trinajstić information content (AvgIpc) is 1.97. The topological polar surface area (TPSA) is 33.3 Å². The summed E-state index contributed by atoms with van der Waals surface area (Å²) in [4.78, 5) is 0. The summed E-state index contributed by atoms with van der Waals surface area (Å²) in [6.45, 7) is 5.76. The van der Waals surface area contributed by atoms with Gasteiger partial charge in [0.25, 0.3) is 0 Å². The van der Waals surface area contributed by atoms with Crippen LogP contribution < -0.4 is 10.6 Å². The Morgan fingerprint density at radius 3 is 2.67 bits per heavy atom. The van der Waals surface area contributed by atoms with Gasteiger partial charge in [-0.2, -0.15) is 0 Å². The van der Waals surface area contributed by atoms with Crippen LogP contribution in [0, 0.1) is 0 Å². The molecule has 0 aliphatic rings. The number of ether oxygens (including phenoxy) is 1. The maximum absolute atomic E-state index is 5.02. The third-order valence-corrected chi connectivity index (χ3v) is 1.49. The van der Waals surface area contributed by atoms with Gasteiger partial charge in [-0.25, -0.2) is 0 Å². The molecule has 0 amide bonds. The first-order valence-electron chi connectivity index (χ1n) is 4.20. The molecule has 0 aromatic heterocycles. The summed E-state index contributed by atoms with van der Waals surface area (Å²) in [6.07, 6.45) is 0.983. The molecule has 0 aromatic rings. The Bertz CT molecular complexity index is 128. The summed E-state index contributed by atoms with van der Waals surface area (Å²) in [5, 5.41) is 6.91. The van der Waals surface area contributed by atoms with E-state index in [0.717, 1.165) is 24.7 Å². The molecule has 0 radical (unpaired) electrons. The van der Waals surface area contributed by atoms with Gasteiger partial charge in [-0.15, -0.1) is 0 Å². The van der Waals surface area contributed by atoms with E-state index in [9.17, 15) is 0 Å². The fourth-order valence-electron chi connectivity index (χ4n) is 0.732. The molecule has 12 heavy (non-hydrogen) atoms. The van der Waals surface area contributed by atoms with Crippen molar-refractivity contribution in [1.29, 1.82) is 0 Å². The highest BCUT2D eigenvalue weighted by atomic mass is 32.1. The van der Waals surface area contributed by atoms with Crippen molar-refractivity contribution in [3.8, 4) is 0 Å². The van der Waals surface area contributed by atoms with E-state index in [1.165, 1.54) is 0 Å². The Hall–Kier alpha value is -0.350. The van der Waals surface area contributed by atoms with E-state index in [4.69, 9.17) is 17.0 Å². The van der Waals surface area contributed by atoms with Crippen molar-refractivity contribution in [2.24, 2.45) is 0 Å². The second-order valence-corrected chi connectivity index (χ2v) is 3.31. The van der Waals surface area contributed by atoms with Crippen LogP contribution in [0.5, 0.6) is 0 Å². The Morgan fingerprint density at radius 2 is 2.17 bits per heavy atom. The van der Waals surface area contributed by atoms with Crippen molar-refractivity contribution >= 4 is 17.3 Å². The van der Waals surface area contributed by atoms with Crippen molar-refractivity contribution in [2.75, 3.05) is 20.3 Å². The summed E-state index contributed by atoms with van der Waals surface area (Å²) in [6, 6.07) is 0.396. The number of methoxy groups -OCH3 is 1. The summed E-state index contributed by atoms with van der Waals surface area (Å²) in [5.41, 5.74) is 0. The van der Waals surface area contributed by atoms with Crippen LogP contribution in [0.2, 0.25) is 0 Å². The minimum absolute atomic E-state index is 0.396. The van der Waals surface area contributed by atoms with Gasteiger partial charge in [0.05, 0.1) is 0 Å². The van der Waals surface area contributed by atoms with Crippen molar-refractivity contribution in [1.82, 2.24) is 10.6 Å². The predicted octanol–water partition coefficient (Wildman–Crippen LogP) is 0.895. The second-order valence-electron chi connectivity index (χ2n) is 2.90. The molecule has 0 saturated heterocycles. The van der Waals surface area contributed by atoms with Crippen LogP contribution in [-0.2, 0) is 4.74 Å². The van der Waals surface area contributed by atoms with Crippen molar-refractivity contribution in [2.45, 2.75) is 26.3 Å². The van der Waals surface area contributed by atoms with Gasteiger partial charge in [-0.05, 0) is 32.5 Å². The SMILES string of the molecule is COCCCNC(=S)NC(C)C. The van der Waals surface area contributed by atoms with Gasteiger partial charge in [-0.1, -0.05) is 0 Å². The minimum Gasteiger partial charge on any atom is -0.385 e.